The van der Waals surface area contributed by atoms with Crippen LogP contribution in [0.25, 0.3) is 11.5 Å². The molecule has 0 radical (unpaired) electrons. The summed E-state index contributed by atoms with van der Waals surface area (Å²) in [7, 11) is 0. The van der Waals surface area contributed by atoms with Crippen molar-refractivity contribution < 1.29 is 9.21 Å². The largest absolute Gasteiger partial charge is 0.423 e. The molecule has 3 N–H and O–H groups in total. The maximum absolute atomic E-state index is 12.0. The lowest BCUT2D eigenvalue weighted by Crippen LogP contribution is -2.36. The van der Waals surface area contributed by atoms with E-state index in [1.807, 2.05) is 39.0 Å². The van der Waals surface area contributed by atoms with Gasteiger partial charge in [-0.25, -0.2) is 0 Å². The van der Waals surface area contributed by atoms with E-state index in [1.165, 1.54) is 6.39 Å². The van der Waals surface area contributed by atoms with Crippen LogP contribution in [0.4, 0.5) is 5.69 Å². The second kappa shape index (κ2) is 6.49. The number of nitrogens with one attached hydrogen (secondary N) is 1. The molecule has 1 heterocycles. The third-order valence-electron chi connectivity index (χ3n) is 3.15. The zero-order valence-corrected chi connectivity index (χ0v) is 12.5. The highest BCUT2D eigenvalue weighted by Crippen LogP contribution is 2.23. The fourth-order valence-electron chi connectivity index (χ4n) is 2.08. The standard InChI is InChI=1S/C15H20N4O2/c1-9(2)6-12(16)14(20)18-13-5-4-11(7-10(13)3)15-19-17-8-21-15/h4-5,7-9,12H,6,16H2,1-3H3,(H,18,20)/t12-/m0/s1. The summed E-state index contributed by atoms with van der Waals surface area (Å²) in [6, 6.07) is 5.02. The second-order valence-corrected chi connectivity index (χ2v) is 5.50. The summed E-state index contributed by atoms with van der Waals surface area (Å²) in [5, 5.41) is 10.4. The van der Waals surface area contributed by atoms with Gasteiger partial charge in [0.05, 0.1) is 6.04 Å². The van der Waals surface area contributed by atoms with E-state index in [9.17, 15) is 4.79 Å². The summed E-state index contributed by atoms with van der Waals surface area (Å²) in [5.74, 6) is 0.663. The molecule has 0 unspecified atom stereocenters. The molecule has 0 aliphatic carbocycles. The quantitative estimate of drug-likeness (QED) is 0.880. The first kappa shape index (κ1) is 15.2. The van der Waals surface area contributed by atoms with E-state index in [2.05, 4.69) is 15.5 Å². The lowest BCUT2D eigenvalue weighted by molar-refractivity contribution is -0.117. The molecule has 0 fully saturated rings. The third-order valence-corrected chi connectivity index (χ3v) is 3.15. The molecule has 2 aromatic rings. The van der Waals surface area contributed by atoms with Gasteiger partial charge in [-0.05, 0) is 43.0 Å². The van der Waals surface area contributed by atoms with Crippen LogP contribution in [-0.4, -0.2) is 22.1 Å². The number of nitrogens with zero attached hydrogens (tertiary/aromatic N) is 2. The zero-order valence-electron chi connectivity index (χ0n) is 12.5. The van der Waals surface area contributed by atoms with Crippen LogP contribution in [0, 0.1) is 12.8 Å². The number of anilines is 1. The van der Waals surface area contributed by atoms with E-state index in [-0.39, 0.29) is 5.91 Å². The maximum atomic E-state index is 12.0. The van der Waals surface area contributed by atoms with E-state index in [1.54, 1.807) is 0 Å². The summed E-state index contributed by atoms with van der Waals surface area (Å²) >= 11 is 0. The van der Waals surface area contributed by atoms with Crippen molar-refractivity contribution in [3.63, 3.8) is 0 Å². The Bertz CT molecular complexity index is 608. The van der Waals surface area contributed by atoms with E-state index in [4.69, 9.17) is 10.2 Å². The second-order valence-electron chi connectivity index (χ2n) is 5.50. The van der Waals surface area contributed by atoms with Gasteiger partial charge in [-0.2, -0.15) is 0 Å². The van der Waals surface area contributed by atoms with Gasteiger partial charge in [-0.3, -0.25) is 4.79 Å². The van der Waals surface area contributed by atoms with Crippen molar-refractivity contribution in [1.29, 1.82) is 0 Å². The molecule has 0 saturated heterocycles. The Kier molecular flexibility index (Phi) is 4.70. The van der Waals surface area contributed by atoms with Crippen molar-refractivity contribution >= 4 is 11.6 Å². The van der Waals surface area contributed by atoms with Crippen molar-refractivity contribution in [3.8, 4) is 11.5 Å². The minimum absolute atomic E-state index is 0.169. The Morgan fingerprint density at radius 3 is 2.76 bits per heavy atom. The smallest absolute Gasteiger partial charge is 0.247 e. The van der Waals surface area contributed by atoms with E-state index >= 15 is 0 Å². The molecule has 1 amide bonds. The monoisotopic (exact) mass is 288 g/mol. The predicted molar refractivity (Wildman–Crippen MR) is 80.5 cm³/mol. The summed E-state index contributed by atoms with van der Waals surface area (Å²) < 4.78 is 5.15. The number of aryl methyl sites for hydroxylation is 1. The van der Waals surface area contributed by atoms with Gasteiger partial charge in [0, 0.05) is 11.3 Å². The topological polar surface area (TPSA) is 94.0 Å². The average Bonchev–Trinajstić information content (AvgIpc) is 2.94. The van der Waals surface area contributed by atoms with Crippen LogP contribution in [0.1, 0.15) is 25.8 Å². The fourth-order valence-corrected chi connectivity index (χ4v) is 2.08. The van der Waals surface area contributed by atoms with Crippen molar-refractivity contribution in [2.45, 2.75) is 33.2 Å². The Morgan fingerprint density at radius 2 is 2.19 bits per heavy atom. The number of hydrogen-bond acceptors (Lipinski definition) is 5. The van der Waals surface area contributed by atoms with Gasteiger partial charge in [0.2, 0.25) is 18.2 Å². The first-order valence-electron chi connectivity index (χ1n) is 6.91. The van der Waals surface area contributed by atoms with E-state index in [0.717, 1.165) is 16.8 Å². The Labute approximate surface area is 123 Å². The predicted octanol–water partition coefficient (Wildman–Crippen LogP) is 2.36. The van der Waals surface area contributed by atoms with Crippen LogP contribution in [0.5, 0.6) is 0 Å². The summed E-state index contributed by atoms with van der Waals surface area (Å²) in [6.07, 6.45) is 1.94. The van der Waals surface area contributed by atoms with Crippen LogP contribution in [0.2, 0.25) is 0 Å². The van der Waals surface area contributed by atoms with Crippen LogP contribution in [0.3, 0.4) is 0 Å². The molecule has 21 heavy (non-hydrogen) atoms. The number of rotatable bonds is 5. The van der Waals surface area contributed by atoms with Crippen molar-refractivity contribution in [2.75, 3.05) is 5.32 Å². The Balaban J connectivity index is 2.09. The maximum Gasteiger partial charge on any atom is 0.247 e. The van der Waals surface area contributed by atoms with Gasteiger partial charge in [-0.15, -0.1) is 10.2 Å². The molecule has 1 aromatic carbocycles. The van der Waals surface area contributed by atoms with Crippen molar-refractivity contribution in [2.24, 2.45) is 11.7 Å². The number of amides is 1. The van der Waals surface area contributed by atoms with Gasteiger partial charge in [0.25, 0.3) is 0 Å². The van der Waals surface area contributed by atoms with Crippen LogP contribution in [0.15, 0.2) is 29.0 Å². The molecule has 2 rings (SSSR count). The summed E-state index contributed by atoms with van der Waals surface area (Å²) in [6.45, 7) is 5.98. The van der Waals surface area contributed by atoms with Gasteiger partial charge in [-0.1, -0.05) is 13.8 Å². The van der Waals surface area contributed by atoms with Crippen molar-refractivity contribution in [3.05, 3.63) is 30.2 Å². The number of carbonyl (C=O) groups is 1. The lowest BCUT2D eigenvalue weighted by Gasteiger charge is -2.15. The molecular formula is C15H20N4O2. The molecule has 1 aromatic heterocycles. The third kappa shape index (κ3) is 3.88. The Hall–Kier alpha value is -2.21. The number of hydrogen-bond donors (Lipinski definition) is 2. The van der Waals surface area contributed by atoms with Gasteiger partial charge < -0.3 is 15.5 Å². The summed E-state index contributed by atoms with van der Waals surface area (Å²) in [5.41, 5.74) is 8.34. The molecule has 0 aliphatic rings. The van der Waals surface area contributed by atoms with Gasteiger partial charge in [0.15, 0.2) is 0 Å². The molecule has 0 spiro atoms. The SMILES string of the molecule is Cc1cc(-c2nnco2)ccc1NC(=O)[C@@H](N)CC(C)C. The molecule has 6 nitrogen and oxygen atoms in total. The molecule has 1 atom stereocenters. The molecule has 6 heteroatoms. The number of nitrogens with two attached hydrogens (primary N) is 1. The summed E-state index contributed by atoms with van der Waals surface area (Å²) in [4.78, 5) is 12.0. The highest BCUT2D eigenvalue weighted by Gasteiger charge is 2.16. The van der Waals surface area contributed by atoms with E-state index < -0.39 is 6.04 Å². The molecular weight excluding hydrogens is 268 g/mol. The van der Waals surface area contributed by atoms with E-state index in [0.29, 0.717) is 18.2 Å². The highest BCUT2D eigenvalue weighted by atomic mass is 16.4. The minimum atomic E-state index is -0.500. The zero-order chi connectivity index (χ0) is 15.4. The van der Waals surface area contributed by atoms with Crippen LogP contribution >= 0.6 is 0 Å². The first-order chi connectivity index (χ1) is 9.97. The normalized spacial score (nSPS) is 12.4. The first-order valence-corrected chi connectivity index (χ1v) is 6.91. The van der Waals surface area contributed by atoms with Crippen LogP contribution < -0.4 is 11.1 Å². The molecule has 0 saturated carbocycles. The minimum Gasteiger partial charge on any atom is -0.423 e. The highest BCUT2D eigenvalue weighted by molar-refractivity contribution is 5.95. The number of benzene rings is 1. The molecule has 0 aliphatic heterocycles. The van der Waals surface area contributed by atoms with Gasteiger partial charge >= 0.3 is 0 Å². The lowest BCUT2D eigenvalue weighted by atomic mass is 10.0. The fraction of sp³-hybridized carbons (Fsp3) is 0.400. The molecule has 112 valence electrons. The molecule has 0 bridgehead atoms. The number of carbonyl (C=O) groups excluding carboxylic acids is 1. The van der Waals surface area contributed by atoms with Crippen LogP contribution in [-0.2, 0) is 4.79 Å². The van der Waals surface area contributed by atoms with Crippen molar-refractivity contribution in [1.82, 2.24) is 10.2 Å². The Morgan fingerprint density at radius 1 is 1.43 bits per heavy atom. The van der Waals surface area contributed by atoms with Gasteiger partial charge in [0.1, 0.15) is 0 Å². The number of aromatic nitrogens is 2. The average molecular weight is 288 g/mol.